The maximum absolute atomic E-state index is 4.29. The minimum atomic E-state index is 0. The zero-order valence-electron chi connectivity index (χ0n) is 14.8. The Balaban J connectivity index is 0.00000243. The van der Waals surface area contributed by atoms with Crippen molar-refractivity contribution in [1.29, 1.82) is 0 Å². The summed E-state index contributed by atoms with van der Waals surface area (Å²) < 4.78 is 2.07. The number of guanidine groups is 1. The topological polar surface area (TPSA) is 54.2 Å². The molecule has 0 amide bonds. The van der Waals surface area contributed by atoms with Gasteiger partial charge in [-0.1, -0.05) is 30.3 Å². The highest BCUT2D eigenvalue weighted by atomic mass is 127. The quantitative estimate of drug-likeness (QED) is 0.309. The molecule has 2 N–H and O–H groups in total. The van der Waals surface area contributed by atoms with Crippen LogP contribution in [0.3, 0.4) is 0 Å². The molecule has 0 spiro atoms. The highest BCUT2D eigenvalue weighted by Gasteiger charge is 2.01. The molecule has 26 heavy (non-hydrogen) atoms. The van der Waals surface area contributed by atoms with Gasteiger partial charge in [0, 0.05) is 44.0 Å². The summed E-state index contributed by atoms with van der Waals surface area (Å²) in [5, 5.41) is 8.85. The average Bonchev–Trinajstić information content (AvgIpc) is 3.32. The van der Waals surface area contributed by atoms with Gasteiger partial charge in [0.2, 0.25) is 0 Å². The lowest BCUT2D eigenvalue weighted by molar-refractivity contribution is 0.784. The normalized spacial score (nSPS) is 11.0. The lowest BCUT2D eigenvalue weighted by atomic mass is 10.1. The van der Waals surface area contributed by atoms with E-state index in [4.69, 9.17) is 0 Å². The van der Waals surface area contributed by atoms with Crippen LogP contribution in [-0.2, 0) is 19.5 Å². The smallest absolute Gasteiger partial charge is 0.191 e. The molecule has 0 aliphatic carbocycles. The summed E-state index contributed by atoms with van der Waals surface area (Å²) in [7, 11) is 1.80. The van der Waals surface area contributed by atoms with Crippen LogP contribution in [0.25, 0.3) is 0 Å². The second kappa shape index (κ2) is 11.0. The van der Waals surface area contributed by atoms with Gasteiger partial charge in [-0.25, -0.2) is 4.98 Å². The van der Waals surface area contributed by atoms with Crippen molar-refractivity contribution in [1.82, 2.24) is 20.2 Å². The Hall–Kier alpha value is -1.87. The second-order valence-electron chi connectivity index (χ2n) is 5.74. The van der Waals surface area contributed by atoms with Crippen LogP contribution in [0.4, 0.5) is 0 Å². The van der Waals surface area contributed by atoms with E-state index < -0.39 is 0 Å². The number of benzene rings is 1. The van der Waals surface area contributed by atoms with Crippen molar-refractivity contribution < 1.29 is 0 Å². The first-order valence-corrected chi connectivity index (χ1v) is 9.22. The first-order valence-electron chi connectivity index (χ1n) is 8.34. The fraction of sp³-hybridized carbons (Fsp3) is 0.263. The number of imidazole rings is 1. The van der Waals surface area contributed by atoms with Gasteiger partial charge in [0.15, 0.2) is 5.96 Å². The van der Waals surface area contributed by atoms with Crippen molar-refractivity contribution in [3.05, 3.63) is 76.5 Å². The van der Waals surface area contributed by atoms with Gasteiger partial charge in [0.25, 0.3) is 0 Å². The van der Waals surface area contributed by atoms with Crippen LogP contribution in [0.2, 0.25) is 0 Å². The molecule has 3 rings (SSSR count). The third-order valence-electron chi connectivity index (χ3n) is 3.84. The molecule has 2 heterocycles. The van der Waals surface area contributed by atoms with Gasteiger partial charge in [-0.15, -0.1) is 35.3 Å². The zero-order chi connectivity index (χ0) is 17.3. The predicted octanol–water partition coefficient (Wildman–Crippen LogP) is 3.52. The molecule has 3 aromatic rings. The monoisotopic (exact) mass is 481 g/mol. The Morgan fingerprint density at radius 3 is 2.81 bits per heavy atom. The van der Waals surface area contributed by atoms with Gasteiger partial charge >= 0.3 is 0 Å². The summed E-state index contributed by atoms with van der Waals surface area (Å²) in [6.45, 7) is 2.46. The van der Waals surface area contributed by atoms with Gasteiger partial charge in [0.1, 0.15) is 0 Å². The van der Waals surface area contributed by atoms with Crippen molar-refractivity contribution in [2.45, 2.75) is 19.5 Å². The molecule has 7 heteroatoms. The molecule has 1 aromatic carbocycles. The number of aliphatic imine (C=N–C) groups is 1. The molecule has 0 unspecified atom stereocenters. The van der Waals surface area contributed by atoms with E-state index in [-0.39, 0.29) is 24.0 Å². The van der Waals surface area contributed by atoms with Crippen molar-refractivity contribution >= 4 is 41.3 Å². The fourth-order valence-corrected chi connectivity index (χ4v) is 3.30. The largest absolute Gasteiger partial charge is 0.356 e. The van der Waals surface area contributed by atoms with E-state index in [0.29, 0.717) is 0 Å². The number of halogens is 1. The second-order valence-corrected chi connectivity index (χ2v) is 6.77. The highest BCUT2D eigenvalue weighted by molar-refractivity contribution is 14.0. The van der Waals surface area contributed by atoms with Gasteiger partial charge in [0.05, 0.1) is 6.33 Å². The SMILES string of the molecule is CN=C(NCCc1cccs1)NCc1cccc(Cn2ccnc2)c1.I. The molecule has 0 atom stereocenters. The third-order valence-corrected chi connectivity index (χ3v) is 4.78. The summed E-state index contributed by atoms with van der Waals surface area (Å²) in [4.78, 5) is 9.76. The van der Waals surface area contributed by atoms with E-state index in [2.05, 4.69) is 67.0 Å². The van der Waals surface area contributed by atoms with Crippen LogP contribution < -0.4 is 10.6 Å². The summed E-state index contributed by atoms with van der Waals surface area (Å²) in [5.74, 6) is 0.830. The Morgan fingerprint density at radius 2 is 2.08 bits per heavy atom. The van der Waals surface area contributed by atoms with E-state index >= 15 is 0 Å². The number of nitrogens with one attached hydrogen (secondary N) is 2. The molecule has 0 saturated heterocycles. The Morgan fingerprint density at radius 1 is 1.19 bits per heavy atom. The molecule has 138 valence electrons. The average molecular weight is 481 g/mol. The van der Waals surface area contributed by atoms with Gasteiger partial charge in [-0.05, 0) is 29.0 Å². The van der Waals surface area contributed by atoms with Crippen molar-refractivity contribution in [3.8, 4) is 0 Å². The van der Waals surface area contributed by atoms with Gasteiger partial charge < -0.3 is 15.2 Å². The molecule has 0 aliphatic rings. The third kappa shape index (κ3) is 6.45. The lowest BCUT2D eigenvalue weighted by Crippen LogP contribution is -2.37. The minimum absolute atomic E-state index is 0. The molecule has 2 aromatic heterocycles. The number of rotatable bonds is 7. The molecule has 0 aliphatic heterocycles. The van der Waals surface area contributed by atoms with Crippen LogP contribution in [0.5, 0.6) is 0 Å². The van der Waals surface area contributed by atoms with Gasteiger partial charge in [-0.3, -0.25) is 4.99 Å². The molecular formula is C19H24IN5S. The van der Waals surface area contributed by atoms with Crippen LogP contribution >= 0.6 is 35.3 Å². The molecule has 0 fully saturated rings. The Bertz CT molecular complexity index is 784. The first-order chi connectivity index (χ1) is 12.3. The molecule has 5 nitrogen and oxygen atoms in total. The Kier molecular flexibility index (Phi) is 8.63. The van der Waals surface area contributed by atoms with Crippen molar-refractivity contribution in [3.63, 3.8) is 0 Å². The molecule has 0 radical (unpaired) electrons. The van der Waals surface area contributed by atoms with Gasteiger partial charge in [-0.2, -0.15) is 0 Å². The summed E-state index contributed by atoms with van der Waals surface area (Å²) in [6.07, 6.45) is 6.63. The number of hydrogen-bond donors (Lipinski definition) is 2. The number of thiophene rings is 1. The molecular weight excluding hydrogens is 457 g/mol. The maximum Gasteiger partial charge on any atom is 0.191 e. The zero-order valence-corrected chi connectivity index (χ0v) is 17.9. The fourth-order valence-electron chi connectivity index (χ4n) is 2.59. The maximum atomic E-state index is 4.29. The lowest BCUT2D eigenvalue weighted by Gasteiger charge is -2.12. The summed E-state index contributed by atoms with van der Waals surface area (Å²) >= 11 is 1.79. The molecule has 0 saturated carbocycles. The van der Waals surface area contributed by atoms with E-state index in [0.717, 1.165) is 32.0 Å². The molecule has 0 bridgehead atoms. The van der Waals surface area contributed by atoms with Crippen LogP contribution in [0.1, 0.15) is 16.0 Å². The van der Waals surface area contributed by atoms with Crippen molar-refractivity contribution in [2.75, 3.05) is 13.6 Å². The van der Waals surface area contributed by atoms with Crippen LogP contribution in [-0.4, -0.2) is 29.1 Å². The predicted molar refractivity (Wildman–Crippen MR) is 119 cm³/mol. The summed E-state index contributed by atoms with van der Waals surface area (Å²) in [6, 6.07) is 12.8. The standard InChI is InChI=1S/C19H23N5S.HI/c1-20-19(22-8-7-18-6-3-11-25-18)23-13-16-4-2-5-17(12-16)14-24-10-9-21-15-24;/h2-6,9-12,15H,7-8,13-14H2,1H3,(H2,20,22,23);1H. The number of aromatic nitrogens is 2. The van der Waals surface area contributed by atoms with E-state index in [9.17, 15) is 0 Å². The first kappa shape index (κ1) is 20.4. The van der Waals surface area contributed by atoms with Crippen LogP contribution in [0, 0.1) is 0 Å². The van der Waals surface area contributed by atoms with E-state index in [1.54, 1.807) is 24.6 Å². The van der Waals surface area contributed by atoms with Crippen LogP contribution in [0.15, 0.2) is 65.5 Å². The van der Waals surface area contributed by atoms with E-state index in [1.807, 2.05) is 12.5 Å². The highest BCUT2D eigenvalue weighted by Crippen LogP contribution is 2.08. The number of nitrogens with zero attached hydrogens (tertiary/aromatic N) is 3. The van der Waals surface area contributed by atoms with E-state index in [1.165, 1.54) is 16.0 Å². The van der Waals surface area contributed by atoms with Crippen molar-refractivity contribution in [2.24, 2.45) is 4.99 Å². The number of hydrogen-bond acceptors (Lipinski definition) is 3. The summed E-state index contributed by atoms with van der Waals surface area (Å²) in [5.41, 5.74) is 2.50. The minimum Gasteiger partial charge on any atom is -0.356 e. The Labute approximate surface area is 175 Å².